The summed E-state index contributed by atoms with van der Waals surface area (Å²) < 4.78 is 15.9. The van der Waals surface area contributed by atoms with Crippen molar-refractivity contribution in [2.45, 2.75) is 25.8 Å². The Morgan fingerprint density at radius 1 is 1.52 bits per heavy atom. The normalized spacial score (nSPS) is 19.6. The number of carbonyl (C=O) groups excluding carboxylic acids is 1. The summed E-state index contributed by atoms with van der Waals surface area (Å²) >= 11 is 0. The molecule has 2 rings (SSSR count). The van der Waals surface area contributed by atoms with Crippen molar-refractivity contribution >= 4 is 11.7 Å². The first-order valence-electron chi connectivity index (χ1n) is 7.39. The zero-order chi connectivity index (χ0) is 15.1. The zero-order valence-corrected chi connectivity index (χ0v) is 12.6. The lowest BCUT2D eigenvalue weighted by Gasteiger charge is -2.30. The van der Waals surface area contributed by atoms with Gasteiger partial charge in [0.1, 0.15) is 11.8 Å². The van der Waals surface area contributed by atoms with Crippen molar-refractivity contribution in [2.75, 3.05) is 32.2 Å². The standard InChI is InChI=1S/C16H23NO4/c1-3-21-16(18)15(12-6-5-9-20-11-12)17-13-7-4-8-14(10-13)19-2/h4,7-8,10,12,15,17H,3,5-6,9,11H2,1-2H3. The molecule has 2 unspecified atom stereocenters. The molecule has 0 radical (unpaired) electrons. The van der Waals surface area contributed by atoms with Crippen molar-refractivity contribution in [2.24, 2.45) is 5.92 Å². The van der Waals surface area contributed by atoms with Crippen LogP contribution in [0.5, 0.6) is 5.75 Å². The Balaban J connectivity index is 2.11. The fourth-order valence-corrected chi connectivity index (χ4v) is 2.52. The van der Waals surface area contributed by atoms with E-state index in [0.29, 0.717) is 13.2 Å². The quantitative estimate of drug-likeness (QED) is 0.817. The topological polar surface area (TPSA) is 56.8 Å². The van der Waals surface area contributed by atoms with E-state index in [9.17, 15) is 4.79 Å². The lowest BCUT2D eigenvalue weighted by Crippen LogP contribution is -2.42. The largest absolute Gasteiger partial charge is 0.497 e. The maximum Gasteiger partial charge on any atom is 0.328 e. The van der Waals surface area contributed by atoms with Gasteiger partial charge in [0.05, 0.1) is 20.3 Å². The minimum Gasteiger partial charge on any atom is -0.497 e. The molecule has 0 saturated carbocycles. The second kappa shape index (κ2) is 7.88. The molecule has 5 heteroatoms. The molecule has 0 spiro atoms. The van der Waals surface area contributed by atoms with Gasteiger partial charge in [0.25, 0.3) is 0 Å². The highest BCUT2D eigenvalue weighted by atomic mass is 16.5. The van der Waals surface area contributed by atoms with Gasteiger partial charge in [0.15, 0.2) is 0 Å². The highest BCUT2D eigenvalue weighted by Crippen LogP contribution is 2.24. The predicted octanol–water partition coefficient (Wildman–Crippen LogP) is 2.47. The number of esters is 1. The zero-order valence-electron chi connectivity index (χ0n) is 12.6. The van der Waals surface area contributed by atoms with Gasteiger partial charge in [-0.15, -0.1) is 0 Å². The molecule has 21 heavy (non-hydrogen) atoms. The minimum absolute atomic E-state index is 0.129. The summed E-state index contributed by atoms with van der Waals surface area (Å²) in [5.41, 5.74) is 0.845. The van der Waals surface area contributed by atoms with E-state index in [2.05, 4.69) is 5.32 Å². The van der Waals surface area contributed by atoms with Gasteiger partial charge in [-0.1, -0.05) is 6.07 Å². The number of nitrogens with one attached hydrogen (secondary N) is 1. The summed E-state index contributed by atoms with van der Waals surface area (Å²) in [6.07, 6.45) is 1.93. The molecular weight excluding hydrogens is 270 g/mol. The number of hydrogen-bond donors (Lipinski definition) is 1. The van der Waals surface area contributed by atoms with Crippen LogP contribution < -0.4 is 10.1 Å². The first-order valence-corrected chi connectivity index (χ1v) is 7.39. The summed E-state index contributed by atoms with van der Waals surface area (Å²) in [4.78, 5) is 12.2. The van der Waals surface area contributed by atoms with Crippen LogP contribution in [0.25, 0.3) is 0 Å². The molecule has 1 heterocycles. The first kappa shape index (κ1) is 15.6. The van der Waals surface area contributed by atoms with Crippen molar-refractivity contribution in [3.8, 4) is 5.75 Å². The molecule has 1 aromatic carbocycles. The van der Waals surface area contributed by atoms with E-state index < -0.39 is 6.04 Å². The van der Waals surface area contributed by atoms with Gasteiger partial charge >= 0.3 is 5.97 Å². The van der Waals surface area contributed by atoms with Gasteiger partial charge in [0, 0.05) is 24.3 Å². The third-order valence-electron chi connectivity index (χ3n) is 3.60. The van der Waals surface area contributed by atoms with E-state index in [1.165, 1.54) is 0 Å². The maximum absolute atomic E-state index is 12.2. The SMILES string of the molecule is CCOC(=O)C(Nc1cccc(OC)c1)C1CCCOC1. The molecule has 5 nitrogen and oxygen atoms in total. The van der Waals surface area contributed by atoms with Gasteiger partial charge in [0.2, 0.25) is 0 Å². The van der Waals surface area contributed by atoms with E-state index in [4.69, 9.17) is 14.2 Å². The summed E-state index contributed by atoms with van der Waals surface area (Å²) in [5, 5.41) is 3.27. The molecule has 1 aromatic rings. The monoisotopic (exact) mass is 293 g/mol. The van der Waals surface area contributed by atoms with Crippen molar-refractivity contribution in [1.82, 2.24) is 0 Å². The van der Waals surface area contributed by atoms with Gasteiger partial charge < -0.3 is 19.5 Å². The van der Waals surface area contributed by atoms with E-state index in [1.807, 2.05) is 31.2 Å². The van der Waals surface area contributed by atoms with Crippen LogP contribution in [-0.4, -0.2) is 38.9 Å². The van der Waals surface area contributed by atoms with Gasteiger partial charge in [-0.25, -0.2) is 4.79 Å². The van der Waals surface area contributed by atoms with Crippen molar-refractivity contribution in [3.63, 3.8) is 0 Å². The van der Waals surface area contributed by atoms with Gasteiger partial charge in [-0.2, -0.15) is 0 Å². The van der Waals surface area contributed by atoms with Crippen LogP contribution >= 0.6 is 0 Å². The predicted molar refractivity (Wildman–Crippen MR) is 80.6 cm³/mol. The fourth-order valence-electron chi connectivity index (χ4n) is 2.52. The lowest BCUT2D eigenvalue weighted by atomic mass is 9.93. The van der Waals surface area contributed by atoms with E-state index in [0.717, 1.165) is 30.9 Å². The molecule has 1 aliphatic rings. The van der Waals surface area contributed by atoms with Crippen LogP contribution in [0.3, 0.4) is 0 Å². The molecule has 1 aliphatic heterocycles. The second-order valence-electron chi connectivity index (χ2n) is 5.08. The Morgan fingerprint density at radius 2 is 2.38 bits per heavy atom. The smallest absolute Gasteiger partial charge is 0.328 e. The third-order valence-corrected chi connectivity index (χ3v) is 3.60. The average molecular weight is 293 g/mol. The maximum atomic E-state index is 12.2. The Morgan fingerprint density at radius 3 is 3.05 bits per heavy atom. The van der Waals surface area contributed by atoms with E-state index >= 15 is 0 Å². The Kier molecular flexibility index (Phi) is 5.87. The summed E-state index contributed by atoms with van der Waals surface area (Å²) in [6, 6.07) is 7.15. The molecule has 116 valence electrons. The number of hydrogen-bond acceptors (Lipinski definition) is 5. The number of rotatable bonds is 6. The van der Waals surface area contributed by atoms with Crippen molar-refractivity contribution in [3.05, 3.63) is 24.3 Å². The molecule has 0 aliphatic carbocycles. The number of ether oxygens (including phenoxy) is 3. The lowest BCUT2D eigenvalue weighted by molar-refractivity contribution is -0.146. The van der Waals surface area contributed by atoms with E-state index in [1.54, 1.807) is 7.11 Å². The Labute approximate surface area is 125 Å². The number of anilines is 1. The highest BCUT2D eigenvalue weighted by molar-refractivity contribution is 5.80. The summed E-state index contributed by atoms with van der Waals surface area (Å²) in [6.45, 7) is 3.55. The first-order chi connectivity index (χ1) is 10.2. The molecule has 0 amide bonds. The molecule has 1 N–H and O–H groups in total. The van der Waals surface area contributed by atoms with Crippen LogP contribution in [-0.2, 0) is 14.3 Å². The molecular formula is C16H23NO4. The number of carbonyl (C=O) groups is 1. The third kappa shape index (κ3) is 4.36. The van der Waals surface area contributed by atoms with Crippen molar-refractivity contribution < 1.29 is 19.0 Å². The Hall–Kier alpha value is -1.75. The van der Waals surface area contributed by atoms with Crippen LogP contribution in [0.2, 0.25) is 0 Å². The molecule has 2 atom stereocenters. The van der Waals surface area contributed by atoms with Crippen LogP contribution in [0, 0.1) is 5.92 Å². The summed E-state index contributed by atoms with van der Waals surface area (Å²) in [5.74, 6) is 0.655. The van der Waals surface area contributed by atoms with Crippen LogP contribution in [0.1, 0.15) is 19.8 Å². The van der Waals surface area contributed by atoms with Crippen LogP contribution in [0.4, 0.5) is 5.69 Å². The van der Waals surface area contributed by atoms with Crippen LogP contribution in [0.15, 0.2) is 24.3 Å². The van der Waals surface area contributed by atoms with E-state index in [-0.39, 0.29) is 11.9 Å². The second-order valence-corrected chi connectivity index (χ2v) is 5.08. The molecule has 0 bridgehead atoms. The average Bonchev–Trinajstić information content (AvgIpc) is 2.54. The van der Waals surface area contributed by atoms with Crippen molar-refractivity contribution in [1.29, 1.82) is 0 Å². The highest BCUT2D eigenvalue weighted by Gasteiger charge is 2.31. The molecule has 1 fully saturated rings. The number of methoxy groups -OCH3 is 1. The van der Waals surface area contributed by atoms with Gasteiger partial charge in [-0.3, -0.25) is 0 Å². The Bertz CT molecular complexity index is 457. The summed E-state index contributed by atoms with van der Waals surface area (Å²) in [7, 11) is 1.62. The molecule has 0 aromatic heterocycles. The molecule has 1 saturated heterocycles. The van der Waals surface area contributed by atoms with Gasteiger partial charge in [-0.05, 0) is 31.9 Å². The number of benzene rings is 1. The minimum atomic E-state index is -0.391. The fraction of sp³-hybridized carbons (Fsp3) is 0.562.